The van der Waals surface area contributed by atoms with Crippen LogP contribution in [0, 0.1) is 17.8 Å². The molecule has 24 heteroatoms. The van der Waals surface area contributed by atoms with Crippen molar-refractivity contribution in [2.45, 2.75) is 219 Å². The molecule has 4 aromatic rings. The highest BCUT2D eigenvalue weighted by Crippen LogP contribution is 2.42. The van der Waals surface area contributed by atoms with Gasteiger partial charge in [-0.1, -0.05) is 166 Å². The maximum atomic E-state index is 14.2. The zero-order valence-corrected chi connectivity index (χ0v) is 54.4. The molecule has 0 N–H and O–H groups in total. The van der Waals surface area contributed by atoms with Gasteiger partial charge >= 0.3 is 11.9 Å². The summed E-state index contributed by atoms with van der Waals surface area (Å²) in [5, 5.41) is 8.36. The summed E-state index contributed by atoms with van der Waals surface area (Å²) in [6.45, 7) is 16.1. The van der Waals surface area contributed by atoms with Crippen LogP contribution in [0.5, 0.6) is 0 Å². The molecule has 0 spiro atoms. The Hall–Kier alpha value is -6.99. The Morgan fingerprint density at radius 1 is 0.484 bits per heavy atom. The number of rotatable bonds is 32. The van der Waals surface area contributed by atoms with Crippen molar-refractivity contribution in [2.75, 3.05) is 19.7 Å². The average molecular weight is 1290 g/mol. The van der Waals surface area contributed by atoms with Crippen molar-refractivity contribution in [1.82, 2.24) is 4.90 Å². The molecular formula is C69H89N7O17. The molecule has 4 heterocycles. The Labute approximate surface area is 543 Å². The maximum absolute atomic E-state index is 14.2. The van der Waals surface area contributed by atoms with E-state index < -0.39 is 140 Å². The van der Waals surface area contributed by atoms with Gasteiger partial charge in [-0.15, -0.1) is 0 Å². The summed E-state index contributed by atoms with van der Waals surface area (Å²) in [4.78, 5) is 75.6. The normalized spacial score (nSPS) is 31.1. The van der Waals surface area contributed by atoms with Crippen molar-refractivity contribution in [2.24, 2.45) is 28.0 Å². The lowest BCUT2D eigenvalue weighted by molar-refractivity contribution is -0.365. The molecular weight excluding hydrogens is 1200 g/mol. The van der Waals surface area contributed by atoms with Crippen molar-refractivity contribution >= 4 is 29.3 Å². The molecule has 502 valence electrons. The van der Waals surface area contributed by atoms with Crippen LogP contribution in [0.4, 0.5) is 0 Å². The summed E-state index contributed by atoms with van der Waals surface area (Å²) in [5.74, 6) is -4.15. The van der Waals surface area contributed by atoms with Crippen LogP contribution < -0.4 is 0 Å². The summed E-state index contributed by atoms with van der Waals surface area (Å²) < 4.78 is 78.6. The van der Waals surface area contributed by atoms with Crippen LogP contribution in [0.3, 0.4) is 0 Å². The van der Waals surface area contributed by atoms with Crippen LogP contribution in [0.1, 0.15) is 121 Å². The number of hydrogen-bond donors (Lipinski definition) is 0. The Bertz CT molecular complexity index is 3130. The van der Waals surface area contributed by atoms with E-state index in [9.17, 15) is 35.0 Å². The van der Waals surface area contributed by atoms with Crippen LogP contribution in [0.2, 0.25) is 0 Å². The number of ether oxygens (including phenoxy) is 12. The highest BCUT2D eigenvalue weighted by atomic mass is 16.8. The fourth-order valence-corrected chi connectivity index (χ4v) is 12.8. The molecule has 0 saturated carbocycles. The monoisotopic (exact) mass is 1290 g/mol. The van der Waals surface area contributed by atoms with E-state index >= 15 is 0 Å². The minimum Gasteiger partial charge on any atom is -0.454 e. The molecule has 8 rings (SSSR count). The molecule has 4 aromatic carbocycles. The van der Waals surface area contributed by atoms with Gasteiger partial charge in [0, 0.05) is 48.3 Å². The van der Waals surface area contributed by atoms with Crippen molar-refractivity contribution in [1.29, 1.82) is 0 Å². The topological polar surface area (TPSA) is 297 Å². The van der Waals surface area contributed by atoms with Crippen LogP contribution in [-0.2, 0) is 95.8 Å². The summed E-state index contributed by atoms with van der Waals surface area (Å²) in [5.41, 5.74) is 23.5. The fourth-order valence-electron chi connectivity index (χ4n) is 12.8. The molecule has 0 aliphatic carbocycles. The molecule has 0 amide bonds. The number of hydrogen-bond acceptors (Lipinski definition) is 20. The van der Waals surface area contributed by atoms with E-state index in [-0.39, 0.29) is 44.4 Å². The molecule has 0 aromatic heterocycles. The zero-order chi connectivity index (χ0) is 66.6. The van der Waals surface area contributed by atoms with Crippen molar-refractivity contribution in [3.63, 3.8) is 0 Å². The van der Waals surface area contributed by atoms with E-state index in [2.05, 4.69) is 25.0 Å². The first-order valence-corrected chi connectivity index (χ1v) is 32.2. The molecule has 20 atom stereocenters. The molecule has 8 unspecified atom stereocenters. The van der Waals surface area contributed by atoms with E-state index in [0.717, 1.165) is 29.5 Å². The SMILES string of the molecule is CCC1O[C@H](O[C@H]2C(OCc3ccccc3)C(OC(C)=O)[C@H](O[C@H]3C(C)C(N=[N+]=[N-])[C@@H](OCCCCCN(CC(=O)c4ccccc4)Cc4ccccc4)O[C@H]3CC)O[C@H]2C(C)=O)C(N=[N+]=[N-])[C@@H](C)[C@@H]1O[C@@H]1OC(C(C)=O)[C@@H](C)[C@@H](OCc2ccccc2)C1OC(C)=O. The van der Waals surface area contributed by atoms with Crippen LogP contribution in [-0.4, -0.2) is 158 Å². The lowest BCUT2D eigenvalue weighted by Gasteiger charge is -2.51. The van der Waals surface area contributed by atoms with Gasteiger partial charge in [0.25, 0.3) is 0 Å². The van der Waals surface area contributed by atoms with Gasteiger partial charge in [0.05, 0.1) is 56.3 Å². The molecule has 4 fully saturated rings. The largest absolute Gasteiger partial charge is 0.454 e. The molecule has 4 aliphatic rings. The van der Waals surface area contributed by atoms with Crippen LogP contribution in [0.25, 0.3) is 20.9 Å². The minimum absolute atomic E-state index is 0.0428. The molecule has 4 aliphatic heterocycles. The molecule has 24 nitrogen and oxygen atoms in total. The Kier molecular flexibility index (Phi) is 27.4. The second-order valence-electron chi connectivity index (χ2n) is 24.3. The smallest absolute Gasteiger partial charge is 0.303 e. The van der Waals surface area contributed by atoms with Gasteiger partial charge in [-0.25, -0.2) is 0 Å². The predicted octanol–water partition coefficient (Wildman–Crippen LogP) is 10.9. The van der Waals surface area contributed by atoms with Gasteiger partial charge in [0.15, 0.2) is 54.7 Å². The van der Waals surface area contributed by atoms with Crippen molar-refractivity contribution in [3.05, 3.63) is 164 Å². The number of azide groups is 2. The van der Waals surface area contributed by atoms with E-state index in [1.54, 1.807) is 13.8 Å². The quantitative estimate of drug-likeness (QED) is 0.0110. The number of carbonyl (C=O) groups excluding carboxylic acids is 5. The summed E-state index contributed by atoms with van der Waals surface area (Å²) in [6, 6.07) is 35.7. The van der Waals surface area contributed by atoms with Gasteiger partial charge in [-0.2, -0.15) is 0 Å². The first kappa shape index (κ1) is 71.9. The highest BCUT2D eigenvalue weighted by molar-refractivity contribution is 5.97. The standard InChI is InChI=1S/C69H89N7O17/c1-10-53-58(41(3)55(72-74-70)66(87-53)82-36-26-16-25-35-76(37-48-27-17-12-18-28-48)38-52(81)51-33-23-15-24-34-51)91-69-65(86-47(9)80)62(84-40-50-31-21-14-22-32-50)63(61(92-69)45(7)78)93-67-56(73-75-71)42(4)59(54(11-2)88-67)90-68-64(85-46(8)79)60(43(5)57(89-68)44(6)77)83-39-49-29-19-13-20-30-49/h12-15,17-24,27-34,41-43,53-69H,10-11,16,25-26,35-40H2,1-9H3/t41?,42-,43-,53+,54?,55?,56?,57?,58+,59+,60-,61+,62?,63-,64?,65?,66+,67-,68+,69-/m1/s1. The Morgan fingerprint density at radius 2 is 0.935 bits per heavy atom. The van der Waals surface area contributed by atoms with E-state index in [1.165, 1.54) is 27.7 Å². The average Bonchev–Trinajstić information content (AvgIpc) is 0.774. The fraction of sp³-hybridized carbons (Fsp3) is 0.580. The third-order valence-corrected chi connectivity index (χ3v) is 17.5. The molecule has 93 heavy (non-hydrogen) atoms. The second kappa shape index (κ2) is 35.5. The number of Topliss-reactive ketones (excluding diaryl/α,β-unsaturated/α-hetero) is 3. The van der Waals surface area contributed by atoms with Gasteiger partial charge in [0.2, 0.25) is 0 Å². The summed E-state index contributed by atoms with van der Waals surface area (Å²) >= 11 is 0. The summed E-state index contributed by atoms with van der Waals surface area (Å²) in [6.07, 6.45) is -14.7. The van der Waals surface area contributed by atoms with Crippen LogP contribution in [0.15, 0.2) is 132 Å². The Balaban J connectivity index is 1.00. The van der Waals surface area contributed by atoms with Gasteiger partial charge in [-0.05, 0) is 92.1 Å². The number of ketones is 3. The van der Waals surface area contributed by atoms with Gasteiger partial charge < -0.3 is 56.8 Å². The summed E-state index contributed by atoms with van der Waals surface area (Å²) in [7, 11) is 0. The van der Waals surface area contributed by atoms with Crippen molar-refractivity contribution in [3.8, 4) is 0 Å². The molecule has 0 bridgehead atoms. The number of carbonyl (C=O) groups is 5. The molecule has 4 saturated heterocycles. The lowest BCUT2D eigenvalue weighted by atomic mass is 9.86. The predicted molar refractivity (Wildman–Crippen MR) is 338 cm³/mol. The highest BCUT2D eigenvalue weighted by Gasteiger charge is 2.58. The first-order valence-electron chi connectivity index (χ1n) is 32.2. The zero-order valence-electron chi connectivity index (χ0n) is 54.4. The van der Waals surface area contributed by atoms with E-state index in [1.807, 2.05) is 142 Å². The van der Waals surface area contributed by atoms with Crippen molar-refractivity contribution < 1.29 is 80.8 Å². The minimum atomic E-state index is -1.52. The maximum Gasteiger partial charge on any atom is 0.303 e. The van der Waals surface area contributed by atoms with E-state index in [4.69, 9.17) is 56.8 Å². The third kappa shape index (κ3) is 19.3. The number of esters is 2. The van der Waals surface area contributed by atoms with Gasteiger partial charge in [0.1, 0.15) is 30.5 Å². The number of nitrogens with zero attached hydrogens (tertiary/aromatic N) is 7. The number of unbranched alkanes of at least 4 members (excludes halogenated alkanes) is 2. The van der Waals surface area contributed by atoms with E-state index in [0.29, 0.717) is 31.5 Å². The van der Waals surface area contributed by atoms with Crippen LogP contribution >= 0.6 is 0 Å². The second-order valence-corrected chi connectivity index (χ2v) is 24.3. The first-order chi connectivity index (χ1) is 44.9. The molecule has 0 radical (unpaired) electrons. The lowest BCUT2D eigenvalue weighted by Crippen LogP contribution is -2.66. The number of benzene rings is 4. The van der Waals surface area contributed by atoms with Gasteiger partial charge in [-0.3, -0.25) is 28.9 Å². The Morgan fingerprint density at radius 3 is 1.43 bits per heavy atom. The third-order valence-electron chi connectivity index (χ3n) is 17.5.